The first-order chi connectivity index (χ1) is 4.31. The van der Waals surface area contributed by atoms with E-state index in [0.717, 1.165) is 12.0 Å². The van der Waals surface area contributed by atoms with Gasteiger partial charge in [0.2, 0.25) is 0 Å². The van der Waals surface area contributed by atoms with Gasteiger partial charge in [-0.15, -0.1) is 0 Å². The largest absolute Gasteiger partial charge is 0.384 e. The van der Waals surface area contributed by atoms with E-state index in [1.54, 1.807) is 13.2 Å². The van der Waals surface area contributed by atoms with E-state index in [4.69, 9.17) is 10.00 Å². The number of allylic oxidation sites excluding steroid dienone is 1. The lowest BCUT2D eigenvalue weighted by Crippen LogP contribution is -1.88. The minimum Gasteiger partial charge on any atom is -0.384 e. The lowest BCUT2D eigenvalue weighted by atomic mass is 10.2. The summed E-state index contributed by atoms with van der Waals surface area (Å²) in [6.45, 7) is 2.62. The molecular formula is C7H11NO. The van der Waals surface area contributed by atoms with Gasteiger partial charge >= 0.3 is 0 Å². The Kier molecular flexibility index (Phi) is 4.85. The molecule has 50 valence electrons. The van der Waals surface area contributed by atoms with Crippen LogP contribution in [0, 0.1) is 11.3 Å². The molecule has 0 amide bonds. The number of ether oxygens (including phenoxy) is 1. The zero-order valence-corrected chi connectivity index (χ0v) is 5.85. The summed E-state index contributed by atoms with van der Waals surface area (Å²) in [6.07, 6.45) is 2.39. The summed E-state index contributed by atoms with van der Waals surface area (Å²) in [4.78, 5) is 0. The van der Waals surface area contributed by atoms with Crippen molar-refractivity contribution in [1.82, 2.24) is 0 Å². The number of hydrogen-bond acceptors (Lipinski definition) is 2. The number of nitrogens with zero attached hydrogens (tertiary/aromatic N) is 1. The Morgan fingerprint density at radius 1 is 1.78 bits per heavy atom. The minimum absolute atomic E-state index is 0.698. The van der Waals surface area contributed by atoms with Gasteiger partial charge in [-0.1, -0.05) is 5.57 Å². The average Bonchev–Trinajstić information content (AvgIpc) is 1.85. The standard InChI is InChI=1S/C7H11NO/c1-7(3-5-8)4-6-9-2/h3H,4,6H2,1-2H3. The van der Waals surface area contributed by atoms with Crippen molar-refractivity contribution >= 4 is 0 Å². The zero-order valence-electron chi connectivity index (χ0n) is 5.85. The maximum atomic E-state index is 8.17. The third-order valence-corrected chi connectivity index (χ3v) is 1.01. The van der Waals surface area contributed by atoms with E-state index >= 15 is 0 Å². The molecule has 0 bridgehead atoms. The first kappa shape index (κ1) is 8.19. The van der Waals surface area contributed by atoms with Crippen molar-refractivity contribution in [3.05, 3.63) is 11.6 Å². The summed E-state index contributed by atoms with van der Waals surface area (Å²) >= 11 is 0. The fraction of sp³-hybridized carbons (Fsp3) is 0.571. The summed E-state index contributed by atoms with van der Waals surface area (Å²) in [7, 11) is 1.65. The van der Waals surface area contributed by atoms with Gasteiger partial charge in [-0.2, -0.15) is 5.26 Å². The molecule has 0 radical (unpaired) electrons. The predicted octanol–water partition coefficient (Wildman–Crippen LogP) is 1.49. The molecule has 0 fully saturated rings. The first-order valence-electron chi connectivity index (χ1n) is 2.85. The molecule has 0 saturated carbocycles. The fourth-order valence-electron chi connectivity index (χ4n) is 0.445. The van der Waals surface area contributed by atoms with E-state index in [1.165, 1.54) is 0 Å². The molecule has 0 aromatic heterocycles. The van der Waals surface area contributed by atoms with E-state index < -0.39 is 0 Å². The van der Waals surface area contributed by atoms with Crippen LogP contribution in [-0.2, 0) is 4.74 Å². The lowest BCUT2D eigenvalue weighted by molar-refractivity contribution is 0.202. The Balaban J connectivity index is 3.40. The Labute approximate surface area is 55.7 Å². The highest BCUT2D eigenvalue weighted by Crippen LogP contribution is 1.97. The van der Waals surface area contributed by atoms with Crippen LogP contribution >= 0.6 is 0 Å². The number of methoxy groups -OCH3 is 1. The van der Waals surface area contributed by atoms with Gasteiger partial charge < -0.3 is 4.74 Å². The van der Waals surface area contributed by atoms with Crippen molar-refractivity contribution < 1.29 is 4.74 Å². The van der Waals surface area contributed by atoms with Gasteiger partial charge in [0.25, 0.3) is 0 Å². The van der Waals surface area contributed by atoms with Crippen LogP contribution in [0.1, 0.15) is 13.3 Å². The molecule has 9 heavy (non-hydrogen) atoms. The second kappa shape index (κ2) is 5.33. The summed E-state index contributed by atoms with van der Waals surface area (Å²) in [6, 6.07) is 1.96. The summed E-state index contributed by atoms with van der Waals surface area (Å²) in [5.41, 5.74) is 1.07. The molecule has 0 N–H and O–H groups in total. The zero-order chi connectivity index (χ0) is 7.11. The van der Waals surface area contributed by atoms with E-state index in [9.17, 15) is 0 Å². The smallest absolute Gasteiger partial charge is 0.0911 e. The van der Waals surface area contributed by atoms with Gasteiger partial charge in [-0.3, -0.25) is 0 Å². The van der Waals surface area contributed by atoms with Crippen LogP contribution in [0.4, 0.5) is 0 Å². The van der Waals surface area contributed by atoms with Crippen LogP contribution in [-0.4, -0.2) is 13.7 Å². The SMILES string of the molecule is COCCC(C)=CC#N. The second-order valence-electron chi connectivity index (χ2n) is 1.86. The maximum Gasteiger partial charge on any atom is 0.0911 e. The summed E-state index contributed by atoms with van der Waals surface area (Å²) in [5.74, 6) is 0. The normalized spacial score (nSPS) is 11.0. The molecule has 0 aliphatic carbocycles. The number of nitriles is 1. The van der Waals surface area contributed by atoms with Gasteiger partial charge in [0, 0.05) is 19.8 Å². The van der Waals surface area contributed by atoms with Crippen molar-refractivity contribution in [1.29, 1.82) is 5.26 Å². The van der Waals surface area contributed by atoms with Crippen LogP contribution in [0.15, 0.2) is 11.6 Å². The van der Waals surface area contributed by atoms with Crippen LogP contribution in [0.2, 0.25) is 0 Å². The van der Waals surface area contributed by atoms with Crippen molar-refractivity contribution in [3.8, 4) is 6.07 Å². The van der Waals surface area contributed by atoms with Crippen LogP contribution < -0.4 is 0 Å². The number of hydrogen-bond donors (Lipinski definition) is 0. The van der Waals surface area contributed by atoms with Crippen molar-refractivity contribution in [2.75, 3.05) is 13.7 Å². The molecule has 0 aromatic carbocycles. The van der Waals surface area contributed by atoms with Gasteiger partial charge in [0.15, 0.2) is 0 Å². The van der Waals surface area contributed by atoms with E-state index in [1.807, 2.05) is 13.0 Å². The molecule has 0 spiro atoms. The van der Waals surface area contributed by atoms with Crippen molar-refractivity contribution in [3.63, 3.8) is 0 Å². The molecule has 2 heteroatoms. The minimum atomic E-state index is 0.698. The Morgan fingerprint density at radius 3 is 2.89 bits per heavy atom. The Bertz CT molecular complexity index is 132. The van der Waals surface area contributed by atoms with Crippen molar-refractivity contribution in [2.24, 2.45) is 0 Å². The summed E-state index contributed by atoms with van der Waals surface area (Å²) < 4.78 is 4.81. The molecule has 0 atom stereocenters. The van der Waals surface area contributed by atoms with E-state index in [0.29, 0.717) is 6.61 Å². The summed E-state index contributed by atoms with van der Waals surface area (Å²) in [5, 5.41) is 8.17. The molecule has 0 heterocycles. The van der Waals surface area contributed by atoms with Gasteiger partial charge in [-0.05, 0) is 13.3 Å². The van der Waals surface area contributed by atoms with Gasteiger partial charge in [0.1, 0.15) is 0 Å². The van der Waals surface area contributed by atoms with E-state index in [-0.39, 0.29) is 0 Å². The predicted molar refractivity (Wildman–Crippen MR) is 35.9 cm³/mol. The highest BCUT2D eigenvalue weighted by molar-refractivity contribution is 5.10. The topological polar surface area (TPSA) is 33.0 Å². The van der Waals surface area contributed by atoms with Crippen molar-refractivity contribution in [2.45, 2.75) is 13.3 Å². The highest BCUT2D eigenvalue weighted by atomic mass is 16.5. The average molecular weight is 125 g/mol. The third kappa shape index (κ3) is 5.05. The third-order valence-electron chi connectivity index (χ3n) is 1.01. The molecule has 0 unspecified atom stereocenters. The quantitative estimate of drug-likeness (QED) is 0.535. The van der Waals surface area contributed by atoms with Gasteiger partial charge in [0.05, 0.1) is 6.07 Å². The fourth-order valence-corrected chi connectivity index (χ4v) is 0.445. The molecular weight excluding hydrogens is 114 g/mol. The molecule has 0 saturated heterocycles. The molecule has 0 aromatic rings. The van der Waals surface area contributed by atoms with Crippen LogP contribution in [0.3, 0.4) is 0 Å². The Hall–Kier alpha value is -0.810. The highest BCUT2D eigenvalue weighted by Gasteiger charge is 1.86. The Morgan fingerprint density at radius 2 is 2.44 bits per heavy atom. The molecule has 0 rings (SSSR count). The molecule has 2 nitrogen and oxygen atoms in total. The first-order valence-corrected chi connectivity index (χ1v) is 2.85. The maximum absolute atomic E-state index is 8.17. The molecule has 0 aliphatic rings. The molecule has 0 aliphatic heterocycles. The number of rotatable bonds is 3. The lowest BCUT2D eigenvalue weighted by Gasteiger charge is -1.95. The van der Waals surface area contributed by atoms with Gasteiger partial charge in [-0.25, -0.2) is 0 Å². The van der Waals surface area contributed by atoms with Crippen LogP contribution in [0.25, 0.3) is 0 Å². The van der Waals surface area contributed by atoms with Crippen LogP contribution in [0.5, 0.6) is 0 Å². The monoisotopic (exact) mass is 125 g/mol. The second-order valence-corrected chi connectivity index (χ2v) is 1.86. The van der Waals surface area contributed by atoms with E-state index in [2.05, 4.69) is 0 Å².